The first kappa shape index (κ1) is 19.3. The van der Waals surface area contributed by atoms with Gasteiger partial charge in [0, 0.05) is 30.4 Å². The van der Waals surface area contributed by atoms with E-state index in [4.69, 9.17) is 4.52 Å². The maximum Gasteiger partial charge on any atom is 0.294 e. The van der Waals surface area contributed by atoms with Crippen molar-refractivity contribution < 1.29 is 22.1 Å². The van der Waals surface area contributed by atoms with Gasteiger partial charge in [-0.05, 0) is 49.2 Å². The first-order valence-corrected chi connectivity index (χ1v) is 10.5. The van der Waals surface area contributed by atoms with Crippen LogP contribution in [0.4, 0.5) is 10.1 Å². The molecule has 1 N–H and O–H groups in total. The largest absolute Gasteiger partial charge is 0.350 e. The average molecular weight is 415 g/mol. The van der Waals surface area contributed by atoms with E-state index in [9.17, 15) is 17.6 Å². The lowest BCUT2D eigenvalue weighted by Crippen LogP contribution is -2.27. The summed E-state index contributed by atoms with van der Waals surface area (Å²) in [6.07, 6.45) is 1.73. The fourth-order valence-corrected chi connectivity index (χ4v) is 4.66. The molecule has 1 aliphatic rings. The molecule has 7 nitrogen and oxygen atoms in total. The van der Waals surface area contributed by atoms with Crippen LogP contribution in [0.3, 0.4) is 0 Å². The second-order valence-corrected chi connectivity index (χ2v) is 8.61. The molecule has 0 bridgehead atoms. The Labute approximate surface area is 167 Å². The third-order valence-corrected chi connectivity index (χ3v) is 6.58. The molecular weight excluding hydrogens is 397 g/mol. The summed E-state index contributed by atoms with van der Waals surface area (Å²) in [7, 11) is -3.51. The van der Waals surface area contributed by atoms with Crippen molar-refractivity contribution in [1.29, 1.82) is 0 Å². The van der Waals surface area contributed by atoms with E-state index in [0.29, 0.717) is 30.0 Å². The molecule has 1 aromatic heterocycles. The van der Waals surface area contributed by atoms with E-state index in [-0.39, 0.29) is 10.7 Å². The quantitative estimate of drug-likeness (QED) is 0.688. The first-order valence-electron chi connectivity index (χ1n) is 9.08. The molecule has 0 radical (unpaired) electrons. The van der Waals surface area contributed by atoms with E-state index in [0.717, 1.165) is 12.8 Å². The molecule has 150 valence electrons. The van der Waals surface area contributed by atoms with Crippen LogP contribution in [0.1, 0.15) is 23.4 Å². The fourth-order valence-electron chi connectivity index (χ4n) is 3.15. The summed E-state index contributed by atoms with van der Waals surface area (Å²) in [4.78, 5) is 12.6. The second-order valence-electron chi connectivity index (χ2n) is 6.68. The van der Waals surface area contributed by atoms with Crippen LogP contribution in [-0.2, 0) is 10.0 Å². The lowest BCUT2D eigenvalue weighted by atomic mass is 10.1. The zero-order chi connectivity index (χ0) is 20.4. The van der Waals surface area contributed by atoms with Gasteiger partial charge in [0.15, 0.2) is 0 Å². The van der Waals surface area contributed by atoms with E-state index in [2.05, 4.69) is 10.5 Å². The third-order valence-electron chi connectivity index (χ3n) is 4.67. The van der Waals surface area contributed by atoms with Gasteiger partial charge in [-0.2, -0.15) is 4.31 Å². The van der Waals surface area contributed by atoms with Crippen molar-refractivity contribution in [2.24, 2.45) is 0 Å². The number of hydrogen-bond donors (Lipinski definition) is 1. The molecular formula is C20H18FN3O4S. The number of amides is 1. The van der Waals surface area contributed by atoms with Gasteiger partial charge in [0.25, 0.3) is 5.91 Å². The number of rotatable bonds is 5. The predicted molar refractivity (Wildman–Crippen MR) is 104 cm³/mol. The monoisotopic (exact) mass is 415 g/mol. The number of benzene rings is 2. The molecule has 2 heterocycles. The summed E-state index contributed by atoms with van der Waals surface area (Å²) in [5, 5.41) is 6.42. The van der Waals surface area contributed by atoms with Crippen LogP contribution in [-0.4, -0.2) is 36.9 Å². The van der Waals surface area contributed by atoms with E-state index < -0.39 is 21.7 Å². The Kier molecular flexibility index (Phi) is 5.16. The van der Waals surface area contributed by atoms with Crippen LogP contribution in [0.5, 0.6) is 0 Å². The van der Waals surface area contributed by atoms with Crippen molar-refractivity contribution >= 4 is 21.6 Å². The number of hydrogen-bond acceptors (Lipinski definition) is 5. The van der Waals surface area contributed by atoms with Crippen molar-refractivity contribution in [3.8, 4) is 11.3 Å². The molecule has 0 aliphatic carbocycles. The predicted octanol–water partition coefficient (Wildman–Crippen LogP) is 3.52. The average Bonchev–Trinajstić information content (AvgIpc) is 3.41. The molecule has 1 amide bonds. The molecule has 0 saturated carbocycles. The van der Waals surface area contributed by atoms with Crippen molar-refractivity contribution in [3.05, 3.63) is 66.2 Å². The highest BCUT2D eigenvalue weighted by Crippen LogP contribution is 2.23. The lowest BCUT2D eigenvalue weighted by molar-refractivity contribution is 0.0988. The van der Waals surface area contributed by atoms with Crippen LogP contribution in [0.2, 0.25) is 0 Å². The number of carbonyl (C=O) groups excluding carboxylic acids is 1. The van der Waals surface area contributed by atoms with Crippen LogP contribution in [0.25, 0.3) is 11.3 Å². The van der Waals surface area contributed by atoms with Crippen LogP contribution in [0.15, 0.2) is 64.0 Å². The van der Waals surface area contributed by atoms with Gasteiger partial charge >= 0.3 is 0 Å². The first-order chi connectivity index (χ1) is 13.9. The molecule has 9 heteroatoms. The van der Waals surface area contributed by atoms with Crippen molar-refractivity contribution in [2.45, 2.75) is 17.7 Å². The zero-order valence-electron chi connectivity index (χ0n) is 15.3. The number of carbonyl (C=O) groups is 1. The van der Waals surface area contributed by atoms with Crippen molar-refractivity contribution in [1.82, 2.24) is 9.46 Å². The third kappa shape index (κ3) is 4.06. The number of aromatic nitrogens is 1. The van der Waals surface area contributed by atoms with Gasteiger partial charge < -0.3 is 9.84 Å². The van der Waals surface area contributed by atoms with Gasteiger partial charge in [-0.15, -0.1) is 0 Å². The highest BCUT2D eigenvalue weighted by molar-refractivity contribution is 7.89. The highest BCUT2D eigenvalue weighted by atomic mass is 32.2. The smallest absolute Gasteiger partial charge is 0.294 e. The van der Waals surface area contributed by atoms with Gasteiger partial charge in [0.2, 0.25) is 15.8 Å². The van der Waals surface area contributed by atoms with Gasteiger partial charge in [-0.3, -0.25) is 4.79 Å². The Hall–Kier alpha value is -3.04. The maximum atomic E-state index is 13.3. The van der Waals surface area contributed by atoms with Crippen molar-refractivity contribution in [3.63, 3.8) is 0 Å². The second kappa shape index (κ2) is 7.76. The van der Waals surface area contributed by atoms with E-state index >= 15 is 0 Å². The van der Waals surface area contributed by atoms with Crippen LogP contribution in [0, 0.1) is 5.82 Å². The number of nitrogens with zero attached hydrogens (tertiary/aromatic N) is 2. The molecule has 29 heavy (non-hydrogen) atoms. The Morgan fingerprint density at radius 2 is 1.79 bits per heavy atom. The maximum absolute atomic E-state index is 13.3. The Morgan fingerprint density at radius 1 is 1.07 bits per heavy atom. The zero-order valence-corrected chi connectivity index (χ0v) is 16.2. The normalized spacial score (nSPS) is 14.8. The summed E-state index contributed by atoms with van der Waals surface area (Å²) in [6, 6.07) is 13.2. The van der Waals surface area contributed by atoms with Crippen LogP contribution < -0.4 is 5.32 Å². The van der Waals surface area contributed by atoms with Crippen LogP contribution >= 0.6 is 0 Å². The van der Waals surface area contributed by atoms with Crippen molar-refractivity contribution in [2.75, 3.05) is 18.4 Å². The minimum atomic E-state index is -3.51. The molecule has 0 spiro atoms. The minimum absolute atomic E-state index is 0.0435. The molecule has 4 rings (SSSR count). The summed E-state index contributed by atoms with van der Waals surface area (Å²) >= 11 is 0. The molecule has 0 atom stereocenters. The molecule has 1 saturated heterocycles. The molecule has 1 aliphatic heterocycles. The minimum Gasteiger partial charge on any atom is -0.350 e. The lowest BCUT2D eigenvalue weighted by Gasteiger charge is -2.15. The topological polar surface area (TPSA) is 92.5 Å². The van der Waals surface area contributed by atoms with Gasteiger partial charge in [-0.1, -0.05) is 17.3 Å². The molecule has 2 aromatic carbocycles. The summed E-state index contributed by atoms with van der Waals surface area (Å²) in [5.41, 5.74) is 1.24. The molecule has 3 aromatic rings. The highest BCUT2D eigenvalue weighted by Gasteiger charge is 2.27. The molecule has 1 fully saturated rings. The number of halogens is 1. The number of nitrogens with one attached hydrogen (secondary N) is 1. The summed E-state index contributed by atoms with van der Waals surface area (Å²) in [5.74, 6) is -1.01. The summed E-state index contributed by atoms with van der Waals surface area (Å²) in [6.45, 7) is 1.06. The Bertz CT molecular complexity index is 1140. The van der Waals surface area contributed by atoms with E-state index in [1.165, 1.54) is 52.8 Å². The standard InChI is InChI=1S/C20H18FN3O4S/c21-15-5-3-4-14(12-15)18-13-19(28-23-18)20(25)22-16-6-8-17(9-7-16)29(26,27)24-10-1-2-11-24/h3-9,12-13H,1-2,10-11H2,(H,22,25). The molecule has 0 unspecified atom stereocenters. The van der Waals surface area contributed by atoms with Gasteiger partial charge in [-0.25, -0.2) is 12.8 Å². The van der Waals surface area contributed by atoms with E-state index in [1.807, 2.05) is 0 Å². The Balaban J connectivity index is 1.46. The number of anilines is 1. The summed E-state index contributed by atoms with van der Waals surface area (Å²) < 4.78 is 44.9. The fraction of sp³-hybridized carbons (Fsp3) is 0.200. The van der Waals surface area contributed by atoms with Gasteiger partial charge in [0.05, 0.1) is 4.90 Å². The van der Waals surface area contributed by atoms with E-state index in [1.54, 1.807) is 6.07 Å². The Morgan fingerprint density at radius 3 is 2.48 bits per heavy atom. The SMILES string of the molecule is O=C(Nc1ccc(S(=O)(=O)N2CCCC2)cc1)c1cc(-c2cccc(F)c2)no1. The number of sulfonamides is 1. The van der Waals surface area contributed by atoms with Gasteiger partial charge in [0.1, 0.15) is 11.5 Å².